The Morgan fingerprint density at radius 1 is 1.17 bits per heavy atom. The Morgan fingerprint density at radius 3 is 2.48 bits per heavy atom. The first-order valence-corrected chi connectivity index (χ1v) is 7.91. The molecule has 1 aromatic rings. The molecular formula is C17H22N2O4. The average molecular weight is 318 g/mol. The second-order valence-electron chi connectivity index (χ2n) is 6.03. The fraction of sp³-hybridized carbons (Fsp3) is 0.529. The number of carbonyl (C=O) groups excluding carboxylic acids is 2. The first-order chi connectivity index (χ1) is 11.1. The SMILES string of the molecule is COc1cc2c(cc1OC)CN(C(=O)[C@H]1CCC(=O)NC1)CC2. The van der Waals surface area contributed by atoms with Crippen LogP contribution >= 0.6 is 0 Å². The number of fused-ring (bicyclic) bond motifs is 1. The maximum Gasteiger partial charge on any atom is 0.227 e. The predicted octanol–water partition coefficient (Wildman–Crippen LogP) is 1.11. The Morgan fingerprint density at radius 2 is 1.87 bits per heavy atom. The molecule has 0 aliphatic carbocycles. The molecule has 1 aromatic carbocycles. The molecule has 6 nitrogen and oxygen atoms in total. The second kappa shape index (κ2) is 6.48. The number of ether oxygens (including phenoxy) is 2. The predicted molar refractivity (Wildman–Crippen MR) is 84.4 cm³/mol. The lowest BCUT2D eigenvalue weighted by Crippen LogP contribution is -2.46. The Labute approximate surface area is 135 Å². The molecule has 1 saturated heterocycles. The Hall–Kier alpha value is -2.24. The van der Waals surface area contributed by atoms with Gasteiger partial charge in [-0.3, -0.25) is 9.59 Å². The third-order valence-corrected chi connectivity index (χ3v) is 4.64. The van der Waals surface area contributed by atoms with Crippen LogP contribution in [-0.4, -0.2) is 44.0 Å². The van der Waals surface area contributed by atoms with Gasteiger partial charge in [-0.05, 0) is 36.1 Å². The minimum absolute atomic E-state index is 0.0369. The van der Waals surface area contributed by atoms with E-state index in [2.05, 4.69) is 5.32 Å². The van der Waals surface area contributed by atoms with E-state index in [1.54, 1.807) is 14.2 Å². The third-order valence-electron chi connectivity index (χ3n) is 4.64. The van der Waals surface area contributed by atoms with Crippen molar-refractivity contribution in [3.05, 3.63) is 23.3 Å². The molecule has 6 heteroatoms. The minimum atomic E-state index is -0.102. The zero-order valence-corrected chi connectivity index (χ0v) is 13.6. The zero-order valence-electron chi connectivity index (χ0n) is 13.6. The van der Waals surface area contributed by atoms with Gasteiger partial charge in [0.05, 0.1) is 20.1 Å². The average Bonchev–Trinajstić information content (AvgIpc) is 2.60. The zero-order chi connectivity index (χ0) is 16.4. The van der Waals surface area contributed by atoms with Crippen LogP contribution in [0.4, 0.5) is 0 Å². The van der Waals surface area contributed by atoms with E-state index >= 15 is 0 Å². The highest BCUT2D eigenvalue weighted by atomic mass is 16.5. The van der Waals surface area contributed by atoms with Crippen LogP contribution < -0.4 is 14.8 Å². The van der Waals surface area contributed by atoms with Gasteiger partial charge in [0.1, 0.15) is 0 Å². The fourth-order valence-corrected chi connectivity index (χ4v) is 3.27. The van der Waals surface area contributed by atoms with Crippen molar-refractivity contribution in [2.45, 2.75) is 25.8 Å². The van der Waals surface area contributed by atoms with Crippen LogP contribution in [0.2, 0.25) is 0 Å². The lowest BCUT2D eigenvalue weighted by atomic mass is 9.94. The third kappa shape index (κ3) is 3.11. The first kappa shape index (κ1) is 15.6. The molecule has 0 spiro atoms. The molecule has 2 amide bonds. The van der Waals surface area contributed by atoms with Gasteiger partial charge in [0.15, 0.2) is 11.5 Å². The van der Waals surface area contributed by atoms with E-state index in [0.29, 0.717) is 38.2 Å². The van der Waals surface area contributed by atoms with E-state index in [9.17, 15) is 9.59 Å². The highest BCUT2D eigenvalue weighted by molar-refractivity contribution is 5.84. The number of nitrogens with one attached hydrogen (secondary N) is 1. The van der Waals surface area contributed by atoms with E-state index < -0.39 is 0 Å². The number of amides is 2. The van der Waals surface area contributed by atoms with E-state index in [0.717, 1.165) is 17.7 Å². The Bertz CT molecular complexity index is 619. The van der Waals surface area contributed by atoms with E-state index in [-0.39, 0.29) is 17.7 Å². The molecule has 1 N–H and O–H groups in total. The van der Waals surface area contributed by atoms with Gasteiger partial charge in [-0.25, -0.2) is 0 Å². The Kier molecular flexibility index (Phi) is 4.41. The summed E-state index contributed by atoms with van der Waals surface area (Å²) in [5, 5.41) is 2.78. The fourth-order valence-electron chi connectivity index (χ4n) is 3.27. The molecule has 2 heterocycles. The number of benzene rings is 1. The van der Waals surface area contributed by atoms with Crippen LogP contribution in [0.5, 0.6) is 11.5 Å². The number of hydrogen-bond acceptors (Lipinski definition) is 4. The second-order valence-corrected chi connectivity index (χ2v) is 6.03. The van der Waals surface area contributed by atoms with Gasteiger partial charge in [-0.1, -0.05) is 0 Å². The van der Waals surface area contributed by atoms with Crippen LogP contribution in [0.3, 0.4) is 0 Å². The number of carbonyl (C=O) groups is 2. The van der Waals surface area contributed by atoms with Crippen LogP contribution in [0, 0.1) is 5.92 Å². The van der Waals surface area contributed by atoms with E-state index in [1.807, 2.05) is 17.0 Å². The van der Waals surface area contributed by atoms with Crippen molar-refractivity contribution in [2.24, 2.45) is 5.92 Å². The molecule has 1 atom stereocenters. The van der Waals surface area contributed by atoms with Gasteiger partial charge in [0.2, 0.25) is 11.8 Å². The summed E-state index contributed by atoms with van der Waals surface area (Å²) in [6, 6.07) is 3.95. The van der Waals surface area contributed by atoms with Crippen molar-refractivity contribution in [1.29, 1.82) is 0 Å². The van der Waals surface area contributed by atoms with Crippen molar-refractivity contribution in [2.75, 3.05) is 27.3 Å². The van der Waals surface area contributed by atoms with Gasteiger partial charge in [0, 0.05) is 26.1 Å². The largest absolute Gasteiger partial charge is 0.493 e. The maximum atomic E-state index is 12.7. The van der Waals surface area contributed by atoms with Gasteiger partial charge in [-0.15, -0.1) is 0 Å². The highest BCUT2D eigenvalue weighted by Gasteiger charge is 2.30. The first-order valence-electron chi connectivity index (χ1n) is 7.91. The quantitative estimate of drug-likeness (QED) is 0.907. The molecule has 124 valence electrons. The lowest BCUT2D eigenvalue weighted by Gasteiger charge is -2.33. The molecule has 2 aliphatic rings. The number of methoxy groups -OCH3 is 2. The van der Waals surface area contributed by atoms with Crippen molar-refractivity contribution in [1.82, 2.24) is 10.2 Å². The normalized spacial score (nSPS) is 20.5. The molecule has 2 aliphatic heterocycles. The van der Waals surface area contributed by atoms with Crippen LogP contribution in [0.25, 0.3) is 0 Å². The molecule has 1 fully saturated rings. The van der Waals surface area contributed by atoms with Crippen molar-refractivity contribution in [3.8, 4) is 11.5 Å². The molecule has 3 rings (SSSR count). The van der Waals surface area contributed by atoms with Crippen LogP contribution in [0.15, 0.2) is 12.1 Å². The summed E-state index contributed by atoms with van der Waals surface area (Å²) >= 11 is 0. The smallest absolute Gasteiger partial charge is 0.227 e. The number of rotatable bonds is 3. The van der Waals surface area contributed by atoms with Crippen molar-refractivity contribution in [3.63, 3.8) is 0 Å². The summed E-state index contributed by atoms with van der Waals surface area (Å²) in [4.78, 5) is 25.8. The summed E-state index contributed by atoms with van der Waals surface area (Å²) in [6.07, 6.45) is 1.88. The molecule has 0 radical (unpaired) electrons. The molecular weight excluding hydrogens is 296 g/mol. The molecule has 0 bridgehead atoms. The molecule has 0 saturated carbocycles. The molecule has 0 aromatic heterocycles. The van der Waals surface area contributed by atoms with E-state index in [4.69, 9.17) is 9.47 Å². The van der Waals surface area contributed by atoms with Crippen LogP contribution in [-0.2, 0) is 22.6 Å². The lowest BCUT2D eigenvalue weighted by molar-refractivity contribution is -0.138. The van der Waals surface area contributed by atoms with Crippen molar-refractivity contribution < 1.29 is 19.1 Å². The number of piperidine rings is 1. The van der Waals surface area contributed by atoms with Gasteiger partial charge in [0.25, 0.3) is 0 Å². The summed E-state index contributed by atoms with van der Waals surface area (Å²) in [7, 11) is 3.24. The summed E-state index contributed by atoms with van der Waals surface area (Å²) in [6.45, 7) is 1.73. The van der Waals surface area contributed by atoms with Crippen LogP contribution in [0.1, 0.15) is 24.0 Å². The highest BCUT2D eigenvalue weighted by Crippen LogP contribution is 2.33. The number of hydrogen-bond donors (Lipinski definition) is 1. The Balaban J connectivity index is 1.74. The summed E-state index contributed by atoms with van der Waals surface area (Å²) in [5.41, 5.74) is 2.30. The van der Waals surface area contributed by atoms with Crippen molar-refractivity contribution >= 4 is 11.8 Å². The summed E-state index contributed by atoms with van der Waals surface area (Å²) < 4.78 is 10.7. The van der Waals surface area contributed by atoms with Gasteiger partial charge >= 0.3 is 0 Å². The van der Waals surface area contributed by atoms with E-state index in [1.165, 1.54) is 5.56 Å². The maximum absolute atomic E-state index is 12.7. The van der Waals surface area contributed by atoms with Gasteiger partial charge in [-0.2, -0.15) is 0 Å². The minimum Gasteiger partial charge on any atom is -0.493 e. The van der Waals surface area contributed by atoms with Gasteiger partial charge < -0.3 is 19.7 Å². The molecule has 23 heavy (non-hydrogen) atoms. The standard InChI is InChI=1S/C17H22N2O4/c1-22-14-7-11-5-6-19(10-13(11)8-15(14)23-2)17(21)12-3-4-16(20)18-9-12/h7-8,12H,3-6,9-10H2,1-2H3,(H,18,20)/t12-/m0/s1. The molecule has 0 unspecified atom stereocenters. The summed E-state index contributed by atoms with van der Waals surface area (Å²) in [5.74, 6) is 1.47. The number of nitrogens with zero attached hydrogens (tertiary/aromatic N) is 1. The topological polar surface area (TPSA) is 67.9 Å². The monoisotopic (exact) mass is 318 g/mol.